The zero-order valence-electron chi connectivity index (χ0n) is 17.5. The van der Waals surface area contributed by atoms with Crippen molar-refractivity contribution in [2.75, 3.05) is 19.5 Å². The van der Waals surface area contributed by atoms with Crippen LogP contribution in [0.2, 0.25) is 0 Å². The van der Waals surface area contributed by atoms with Gasteiger partial charge < -0.3 is 19.2 Å². The van der Waals surface area contributed by atoms with Gasteiger partial charge in [-0.25, -0.2) is 4.79 Å². The fraction of sp³-hybridized carbons (Fsp3) is 0.348. The van der Waals surface area contributed by atoms with Crippen LogP contribution in [0.15, 0.2) is 28.7 Å². The first-order valence-electron chi connectivity index (χ1n) is 10.2. The fourth-order valence-corrected chi connectivity index (χ4v) is 5.23. The second-order valence-electron chi connectivity index (χ2n) is 7.44. The summed E-state index contributed by atoms with van der Waals surface area (Å²) in [7, 11) is 2.87. The van der Waals surface area contributed by atoms with Crippen LogP contribution in [0.1, 0.15) is 56.8 Å². The zero-order chi connectivity index (χ0) is 22.0. The third-order valence-electron chi connectivity index (χ3n) is 5.51. The molecule has 162 valence electrons. The Labute approximate surface area is 183 Å². The van der Waals surface area contributed by atoms with E-state index in [1.54, 1.807) is 24.3 Å². The van der Waals surface area contributed by atoms with E-state index < -0.39 is 11.9 Å². The van der Waals surface area contributed by atoms with Crippen molar-refractivity contribution in [3.05, 3.63) is 51.4 Å². The average molecular weight is 441 g/mol. The van der Waals surface area contributed by atoms with Gasteiger partial charge in [-0.2, -0.15) is 0 Å². The number of carbonyl (C=O) groups is 2. The van der Waals surface area contributed by atoms with E-state index in [0.29, 0.717) is 27.3 Å². The molecule has 0 bridgehead atoms. The van der Waals surface area contributed by atoms with Crippen LogP contribution in [-0.4, -0.2) is 26.1 Å². The maximum absolute atomic E-state index is 13.1. The topological polar surface area (TPSA) is 102 Å². The number of para-hydroxylation sites is 1. The molecule has 0 spiro atoms. The molecular formula is C23H24N2O5S. The van der Waals surface area contributed by atoms with Crippen LogP contribution in [0, 0.1) is 5.41 Å². The van der Waals surface area contributed by atoms with Crippen LogP contribution in [0.3, 0.4) is 0 Å². The van der Waals surface area contributed by atoms with E-state index >= 15 is 0 Å². The Balaban J connectivity index is 1.73. The Bertz CT molecular complexity index is 1210. The standard InChI is InChI=1S/C23H24N2O5S/c1-28-16-10-7-8-13-12-15(20(24)30-19(13)16)21(26)25-22-18(23(27)29-2)14-9-5-3-4-6-11-17(14)31-22/h7-8,10,12,24H,3-6,9,11H2,1-2H3,(H,25,26). The van der Waals surface area contributed by atoms with Crippen molar-refractivity contribution in [3.63, 3.8) is 0 Å². The Morgan fingerprint density at radius 2 is 1.90 bits per heavy atom. The van der Waals surface area contributed by atoms with Crippen LogP contribution in [0.25, 0.3) is 11.0 Å². The molecule has 0 fully saturated rings. The smallest absolute Gasteiger partial charge is 0.341 e. The lowest BCUT2D eigenvalue weighted by Gasteiger charge is -2.11. The minimum absolute atomic E-state index is 0.0809. The number of benzene rings is 1. The first kappa shape index (κ1) is 21.1. The van der Waals surface area contributed by atoms with Gasteiger partial charge in [0.15, 0.2) is 11.3 Å². The number of fused-ring (bicyclic) bond motifs is 2. The Kier molecular flexibility index (Phi) is 6.08. The van der Waals surface area contributed by atoms with Gasteiger partial charge >= 0.3 is 5.97 Å². The van der Waals surface area contributed by atoms with Gasteiger partial charge in [0.2, 0.25) is 5.55 Å². The second-order valence-corrected chi connectivity index (χ2v) is 8.54. The molecule has 2 aromatic heterocycles. The van der Waals surface area contributed by atoms with Crippen LogP contribution < -0.4 is 15.6 Å². The van der Waals surface area contributed by atoms with E-state index in [4.69, 9.17) is 19.3 Å². The summed E-state index contributed by atoms with van der Waals surface area (Å²) < 4.78 is 15.9. The Morgan fingerprint density at radius 1 is 1.13 bits per heavy atom. The van der Waals surface area contributed by atoms with Crippen molar-refractivity contribution >= 4 is 39.2 Å². The lowest BCUT2D eigenvalue weighted by Crippen LogP contribution is -2.21. The average Bonchev–Trinajstić information content (AvgIpc) is 3.08. The molecule has 2 heterocycles. The lowest BCUT2D eigenvalue weighted by atomic mass is 9.96. The molecular weight excluding hydrogens is 416 g/mol. The van der Waals surface area contributed by atoms with E-state index in [2.05, 4.69) is 5.32 Å². The molecule has 3 aromatic rings. The van der Waals surface area contributed by atoms with Crippen LogP contribution >= 0.6 is 11.3 Å². The molecule has 0 radical (unpaired) electrons. The number of hydrogen-bond donors (Lipinski definition) is 2. The third-order valence-corrected chi connectivity index (χ3v) is 6.72. The molecule has 8 heteroatoms. The molecule has 0 atom stereocenters. The highest BCUT2D eigenvalue weighted by atomic mass is 32.1. The van der Waals surface area contributed by atoms with E-state index in [1.807, 2.05) is 0 Å². The highest BCUT2D eigenvalue weighted by Gasteiger charge is 2.26. The summed E-state index contributed by atoms with van der Waals surface area (Å²) in [5.74, 6) is -0.464. The molecule has 2 N–H and O–H groups in total. The minimum atomic E-state index is -0.502. The molecule has 1 aliphatic rings. The second kappa shape index (κ2) is 8.93. The quantitative estimate of drug-likeness (QED) is 0.574. The number of methoxy groups -OCH3 is 2. The summed E-state index contributed by atoms with van der Waals surface area (Å²) in [6, 6.07) is 6.90. The maximum atomic E-state index is 13.1. The Hall–Kier alpha value is -3.13. The predicted molar refractivity (Wildman–Crippen MR) is 118 cm³/mol. The van der Waals surface area contributed by atoms with Gasteiger partial charge in [0, 0.05) is 10.3 Å². The summed E-state index contributed by atoms with van der Waals surface area (Å²) in [6.07, 6.45) is 6.03. The SMILES string of the molecule is COC(=O)c1c(NC(=O)c2cc3cccc(OC)c3oc2=N)sc2c1CCCCCC2. The number of nitrogens with one attached hydrogen (secondary N) is 2. The number of amides is 1. The number of thiophene rings is 1. The van der Waals surface area contributed by atoms with Crippen LogP contribution in [0.4, 0.5) is 5.00 Å². The molecule has 1 amide bonds. The maximum Gasteiger partial charge on any atom is 0.341 e. The van der Waals surface area contributed by atoms with Gasteiger partial charge in [0.05, 0.1) is 19.8 Å². The van der Waals surface area contributed by atoms with Gasteiger partial charge in [0.1, 0.15) is 10.6 Å². The van der Waals surface area contributed by atoms with E-state index in [9.17, 15) is 9.59 Å². The number of hydrogen-bond acceptors (Lipinski definition) is 7. The number of anilines is 1. The van der Waals surface area contributed by atoms with Crippen LogP contribution in [-0.2, 0) is 17.6 Å². The molecule has 0 unspecified atom stereocenters. The summed E-state index contributed by atoms with van der Waals surface area (Å²) >= 11 is 1.42. The van der Waals surface area contributed by atoms with E-state index in [1.165, 1.54) is 25.6 Å². The molecule has 4 rings (SSSR count). The first-order valence-corrected chi connectivity index (χ1v) is 11.0. The number of aryl methyl sites for hydroxylation is 1. The largest absolute Gasteiger partial charge is 0.493 e. The highest BCUT2D eigenvalue weighted by molar-refractivity contribution is 7.17. The van der Waals surface area contributed by atoms with Crippen molar-refractivity contribution in [3.8, 4) is 5.75 Å². The van der Waals surface area contributed by atoms with Gasteiger partial charge in [-0.15, -0.1) is 11.3 Å². The number of carbonyl (C=O) groups excluding carboxylic acids is 2. The summed E-state index contributed by atoms with van der Waals surface area (Å²) in [5, 5.41) is 12.2. The van der Waals surface area contributed by atoms with Crippen LogP contribution in [0.5, 0.6) is 5.75 Å². The van der Waals surface area contributed by atoms with Crippen molar-refractivity contribution in [1.82, 2.24) is 0 Å². The lowest BCUT2D eigenvalue weighted by molar-refractivity contribution is 0.0601. The molecule has 7 nitrogen and oxygen atoms in total. The first-order chi connectivity index (χ1) is 15.0. The monoisotopic (exact) mass is 440 g/mol. The molecule has 1 aromatic carbocycles. The van der Waals surface area contributed by atoms with Gasteiger partial charge in [-0.05, 0) is 43.4 Å². The molecule has 0 aliphatic heterocycles. The fourth-order valence-electron chi connectivity index (χ4n) is 3.96. The number of rotatable bonds is 4. The van der Waals surface area contributed by atoms with Gasteiger partial charge in [-0.1, -0.05) is 25.0 Å². The van der Waals surface area contributed by atoms with E-state index in [-0.39, 0.29) is 11.1 Å². The predicted octanol–water partition coefficient (Wildman–Crippen LogP) is 4.68. The summed E-state index contributed by atoms with van der Waals surface area (Å²) in [5.41, 5.74) is 1.62. The summed E-state index contributed by atoms with van der Waals surface area (Å²) in [6.45, 7) is 0. The molecule has 1 aliphatic carbocycles. The molecule has 31 heavy (non-hydrogen) atoms. The summed E-state index contributed by atoms with van der Waals surface area (Å²) in [4.78, 5) is 26.8. The highest BCUT2D eigenvalue weighted by Crippen LogP contribution is 2.37. The zero-order valence-corrected chi connectivity index (χ0v) is 18.3. The van der Waals surface area contributed by atoms with Crippen molar-refractivity contribution in [1.29, 1.82) is 5.41 Å². The normalized spacial score (nSPS) is 13.7. The molecule has 0 saturated heterocycles. The Morgan fingerprint density at radius 3 is 2.65 bits per heavy atom. The van der Waals surface area contributed by atoms with Gasteiger partial charge in [-0.3, -0.25) is 10.2 Å². The van der Waals surface area contributed by atoms with Crippen molar-refractivity contribution < 1.29 is 23.5 Å². The molecule has 0 saturated carbocycles. The van der Waals surface area contributed by atoms with Crippen molar-refractivity contribution in [2.45, 2.75) is 38.5 Å². The van der Waals surface area contributed by atoms with E-state index in [0.717, 1.165) is 49.0 Å². The minimum Gasteiger partial charge on any atom is -0.493 e. The third kappa shape index (κ3) is 4.07. The number of esters is 1. The van der Waals surface area contributed by atoms with Crippen molar-refractivity contribution in [2.24, 2.45) is 0 Å². The number of ether oxygens (including phenoxy) is 2. The van der Waals surface area contributed by atoms with Gasteiger partial charge in [0.25, 0.3) is 5.91 Å².